The summed E-state index contributed by atoms with van der Waals surface area (Å²) in [6.45, 7) is 0.643. The van der Waals surface area contributed by atoms with Gasteiger partial charge in [-0.3, -0.25) is 0 Å². The second-order valence-corrected chi connectivity index (χ2v) is 10.1. The van der Waals surface area contributed by atoms with E-state index in [9.17, 15) is 0 Å². The van der Waals surface area contributed by atoms with Gasteiger partial charge in [-0.1, -0.05) is 98.5 Å². The Morgan fingerprint density at radius 1 is 0.710 bits per heavy atom. The molecule has 0 saturated carbocycles. The smallest absolute Gasteiger partial charge is 0.217 e. The molecule has 0 amide bonds. The van der Waals surface area contributed by atoms with Crippen LogP contribution in [0.15, 0.2) is 108 Å². The number of rotatable bonds is 4. The maximum atomic E-state index is 6.16. The van der Waals surface area contributed by atoms with Gasteiger partial charge in [-0.2, -0.15) is 0 Å². The van der Waals surface area contributed by atoms with E-state index < -0.39 is 7.53 Å². The van der Waals surface area contributed by atoms with Crippen molar-refractivity contribution in [3.05, 3.63) is 114 Å². The highest BCUT2D eigenvalue weighted by atomic mass is 31.1. The maximum absolute atomic E-state index is 6.16. The molecular formula is C28H22NOP. The molecule has 5 aromatic rings. The fourth-order valence-electron chi connectivity index (χ4n) is 4.59. The fourth-order valence-corrected chi connectivity index (χ4v) is 7.35. The zero-order valence-corrected chi connectivity index (χ0v) is 18.0. The van der Waals surface area contributed by atoms with Gasteiger partial charge in [0.25, 0.3) is 0 Å². The van der Waals surface area contributed by atoms with E-state index in [1.165, 1.54) is 31.9 Å². The summed E-state index contributed by atoms with van der Waals surface area (Å²) in [4.78, 5) is 5.00. The summed E-state index contributed by atoms with van der Waals surface area (Å²) in [6, 6.07) is 37.0. The van der Waals surface area contributed by atoms with Gasteiger partial charge in [-0.15, -0.1) is 0 Å². The fraction of sp³-hybridized carbons (Fsp3) is 0.107. The SMILES string of the molecule is c1ccc(C[C@H]2COC(c3ccccc3-p3c4ccccc4c4ccccc43)=N2)cc1. The summed E-state index contributed by atoms with van der Waals surface area (Å²) in [7, 11) is -0.632. The molecule has 31 heavy (non-hydrogen) atoms. The summed E-state index contributed by atoms with van der Waals surface area (Å²) in [5.41, 5.74) is 2.44. The van der Waals surface area contributed by atoms with E-state index in [-0.39, 0.29) is 6.04 Å². The third-order valence-electron chi connectivity index (χ3n) is 5.98. The van der Waals surface area contributed by atoms with E-state index in [1.54, 1.807) is 0 Å². The number of hydrogen-bond acceptors (Lipinski definition) is 2. The van der Waals surface area contributed by atoms with Gasteiger partial charge in [0.05, 0.1) is 6.04 Å². The minimum absolute atomic E-state index is 0.168. The van der Waals surface area contributed by atoms with E-state index in [1.807, 2.05) is 0 Å². The lowest BCUT2D eigenvalue weighted by molar-refractivity contribution is 0.317. The molecule has 2 heterocycles. The second kappa shape index (κ2) is 7.72. The lowest BCUT2D eigenvalue weighted by Gasteiger charge is -2.10. The molecule has 0 bridgehead atoms. The average Bonchev–Trinajstić information content (AvgIpc) is 3.42. The first-order valence-electron chi connectivity index (χ1n) is 10.7. The van der Waals surface area contributed by atoms with Gasteiger partial charge in [-0.25, -0.2) is 4.99 Å². The Hall–Kier alpha value is -3.35. The highest BCUT2D eigenvalue weighted by Crippen LogP contribution is 2.56. The molecule has 1 aromatic heterocycles. The molecule has 3 heteroatoms. The summed E-state index contributed by atoms with van der Waals surface area (Å²) in [5.74, 6) is 0.792. The lowest BCUT2D eigenvalue weighted by atomic mass is 10.1. The van der Waals surface area contributed by atoms with E-state index in [4.69, 9.17) is 9.73 Å². The first-order valence-corrected chi connectivity index (χ1v) is 12.0. The van der Waals surface area contributed by atoms with Crippen molar-refractivity contribution in [3.63, 3.8) is 0 Å². The van der Waals surface area contributed by atoms with Crippen molar-refractivity contribution in [2.45, 2.75) is 12.5 Å². The monoisotopic (exact) mass is 419 g/mol. The van der Waals surface area contributed by atoms with E-state index in [0.29, 0.717) is 6.61 Å². The Balaban J connectivity index is 1.47. The van der Waals surface area contributed by atoms with E-state index >= 15 is 0 Å². The molecule has 2 nitrogen and oxygen atoms in total. The van der Waals surface area contributed by atoms with E-state index in [0.717, 1.165) is 17.9 Å². The Kier molecular flexibility index (Phi) is 4.59. The summed E-state index contributed by atoms with van der Waals surface area (Å²) in [6.07, 6.45) is 0.910. The van der Waals surface area contributed by atoms with Crippen molar-refractivity contribution in [1.82, 2.24) is 0 Å². The topological polar surface area (TPSA) is 21.6 Å². The second-order valence-electron chi connectivity index (χ2n) is 7.98. The molecule has 1 aliphatic heterocycles. The largest absolute Gasteiger partial charge is 0.475 e. The molecule has 150 valence electrons. The molecule has 1 aliphatic rings. The summed E-state index contributed by atoms with van der Waals surface area (Å²) < 4.78 is 6.16. The minimum atomic E-state index is -0.632. The zero-order chi connectivity index (χ0) is 20.6. The standard InChI is InChI=1S/C28H22NOP/c1-2-10-20(11-3-1)18-21-19-30-28(29-21)24-14-6-9-17-27(24)31-25-15-7-4-12-22(25)23-13-5-8-16-26(23)31/h1-17,21H,18-19H2/t21-/m0/s1. The quantitative estimate of drug-likeness (QED) is 0.298. The van der Waals surface area contributed by atoms with Crippen molar-refractivity contribution in [3.8, 4) is 5.30 Å². The number of nitrogens with zero attached hydrogens (tertiary/aromatic N) is 1. The third-order valence-corrected chi connectivity index (χ3v) is 8.60. The number of fused-ring (bicyclic) bond motifs is 3. The van der Waals surface area contributed by atoms with Crippen LogP contribution in [0.2, 0.25) is 0 Å². The molecule has 0 unspecified atom stereocenters. The van der Waals surface area contributed by atoms with Crippen LogP contribution < -0.4 is 0 Å². The van der Waals surface area contributed by atoms with Gasteiger partial charge >= 0.3 is 0 Å². The molecule has 6 rings (SSSR count). The van der Waals surface area contributed by atoms with Crippen LogP contribution in [0.25, 0.3) is 26.3 Å². The Labute approximate surface area is 182 Å². The van der Waals surface area contributed by atoms with Crippen LogP contribution >= 0.6 is 7.53 Å². The van der Waals surface area contributed by atoms with E-state index in [2.05, 4.69) is 103 Å². The van der Waals surface area contributed by atoms with Crippen molar-refractivity contribution >= 4 is 34.4 Å². The van der Waals surface area contributed by atoms with Crippen LogP contribution in [0.4, 0.5) is 0 Å². The van der Waals surface area contributed by atoms with Gasteiger partial charge < -0.3 is 4.74 Å². The Morgan fingerprint density at radius 3 is 2.06 bits per heavy atom. The summed E-state index contributed by atoms with van der Waals surface area (Å²) in [5, 5.41) is 6.88. The Morgan fingerprint density at radius 2 is 1.32 bits per heavy atom. The van der Waals surface area contributed by atoms with Crippen molar-refractivity contribution < 1.29 is 4.74 Å². The summed E-state index contributed by atoms with van der Waals surface area (Å²) >= 11 is 0. The van der Waals surface area contributed by atoms with Gasteiger partial charge in [0.2, 0.25) is 5.90 Å². The van der Waals surface area contributed by atoms with Crippen LogP contribution in [0.3, 0.4) is 0 Å². The predicted octanol–water partition coefficient (Wildman–Crippen LogP) is 7.36. The number of hydrogen-bond donors (Lipinski definition) is 0. The predicted molar refractivity (Wildman–Crippen MR) is 132 cm³/mol. The highest BCUT2D eigenvalue weighted by Gasteiger charge is 2.24. The number of ether oxygens (including phenoxy) is 1. The maximum Gasteiger partial charge on any atom is 0.217 e. The van der Waals surface area contributed by atoms with Crippen molar-refractivity contribution in [2.24, 2.45) is 4.99 Å². The molecular weight excluding hydrogens is 397 g/mol. The first kappa shape index (κ1) is 18.4. The van der Waals surface area contributed by atoms with Gasteiger partial charge in [0.15, 0.2) is 0 Å². The molecule has 0 saturated heterocycles. The normalized spacial score (nSPS) is 15.9. The molecule has 0 radical (unpaired) electrons. The van der Waals surface area contributed by atoms with Crippen LogP contribution in [0.1, 0.15) is 11.1 Å². The van der Waals surface area contributed by atoms with Crippen LogP contribution in [-0.2, 0) is 11.2 Å². The first-order chi connectivity index (χ1) is 15.4. The molecule has 0 N–H and O–H groups in total. The van der Waals surface area contributed by atoms with Gasteiger partial charge in [0, 0.05) is 21.1 Å². The Bertz CT molecular complexity index is 1360. The molecule has 0 aliphatic carbocycles. The molecule has 4 aromatic carbocycles. The number of benzene rings is 4. The molecule has 0 spiro atoms. The van der Waals surface area contributed by atoms with Crippen LogP contribution in [0.5, 0.6) is 0 Å². The average molecular weight is 419 g/mol. The minimum Gasteiger partial charge on any atom is -0.475 e. The van der Waals surface area contributed by atoms with Gasteiger partial charge in [0.1, 0.15) is 6.61 Å². The third kappa shape index (κ3) is 3.24. The highest BCUT2D eigenvalue weighted by molar-refractivity contribution is 7.68. The molecule has 1 atom stereocenters. The zero-order valence-electron chi connectivity index (χ0n) is 17.1. The number of aliphatic imine (C=N–C) groups is 1. The van der Waals surface area contributed by atoms with Gasteiger partial charge in [-0.05, 0) is 34.9 Å². The van der Waals surface area contributed by atoms with Crippen molar-refractivity contribution in [2.75, 3.05) is 6.61 Å². The molecule has 0 fully saturated rings. The van der Waals surface area contributed by atoms with Crippen molar-refractivity contribution in [1.29, 1.82) is 0 Å². The lowest BCUT2D eigenvalue weighted by Crippen LogP contribution is -2.09. The van der Waals surface area contributed by atoms with Crippen LogP contribution in [0, 0.1) is 0 Å². The van der Waals surface area contributed by atoms with Crippen LogP contribution in [-0.4, -0.2) is 18.5 Å².